The van der Waals surface area contributed by atoms with Gasteiger partial charge in [0, 0.05) is 25.0 Å². The summed E-state index contributed by atoms with van der Waals surface area (Å²) in [6.07, 6.45) is 7.05. The number of amides is 1. The van der Waals surface area contributed by atoms with Gasteiger partial charge in [0.25, 0.3) is 5.91 Å². The summed E-state index contributed by atoms with van der Waals surface area (Å²) in [5, 5.41) is 3.59. The highest BCUT2D eigenvalue weighted by Crippen LogP contribution is 2.36. The number of hydrogen-bond donors (Lipinski definition) is 1. The van der Waals surface area contributed by atoms with Crippen LogP contribution in [0.2, 0.25) is 5.02 Å². The predicted molar refractivity (Wildman–Crippen MR) is 128 cm³/mol. The molecule has 0 spiro atoms. The molecule has 33 heavy (non-hydrogen) atoms. The molecule has 2 aliphatic heterocycles. The van der Waals surface area contributed by atoms with Crippen LogP contribution in [-0.2, 0) is 16.1 Å². The lowest BCUT2D eigenvalue weighted by molar-refractivity contribution is -0.170. The Morgan fingerprint density at radius 2 is 1.97 bits per heavy atom. The molecule has 0 saturated carbocycles. The van der Waals surface area contributed by atoms with Crippen molar-refractivity contribution in [3.63, 3.8) is 0 Å². The van der Waals surface area contributed by atoms with Crippen LogP contribution in [0.15, 0.2) is 42.7 Å². The van der Waals surface area contributed by atoms with Gasteiger partial charge in [0.15, 0.2) is 0 Å². The summed E-state index contributed by atoms with van der Waals surface area (Å²) < 4.78 is 19.6. The zero-order valence-corrected chi connectivity index (χ0v) is 20.2. The number of hydrogen-bond acceptors (Lipinski definition) is 4. The number of ether oxygens (including phenoxy) is 1. The van der Waals surface area contributed by atoms with Crippen LogP contribution in [0.1, 0.15) is 56.6 Å². The summed E-state index contributed by atoms with van der Waals surface area (Å²) in [7, 11) is 0. The molecule has 0 radical (unpaired) electrons. The molecule has 4 rings (SSSR count). The molecule has 178 valence electrons. The monoisotopic (exact) mass is 473 g/mol. The second-order valence-corrected chi connectivity index (χ2v) is 10.0. The van der Waals surface area contributed by atoms with E-state index in [1.807, 2.05) is 18.2 Å². The average molecular weight is 474 g/mol. The van der Waals surface area contributed by atoms with Gasteiger partial charge >= 0.3 is 0 Å². The minimum Gasteiger partial charge on any atom is -0.363 e. The molecule has 7 heteroatoms. The van der Waals surface area contributed by atoms with Crippen molar-refractivity contribution in [1.29, 1.82) is 0 Å². The van der Waals surface area contributed by atoms with Gasteiger partial charge in [-0.2, -0.15) is 0 Å². The Morgan fingerprint density at radius 3 is 2.58 bits per heavy atom. The van der Waals surface area contributed by atoms with Crippen molar-refractivity contribution in [1.82, 2.24) is 15.2 Å². The second-order valence-electron chi connectivity index (χ2n) is 9.60. The van der Waals surface area contributed by atoms with Crippen molar-refractivity contribution in [2.24, 2.45) is 5.92 Å². The van der Waals surface area contributed by atoms with Crippen LogP contribution in [0.5, 0.6) is 0 Å². The summed E-state index contributed by atoms with van der Waals surface area (Å²) in [4.78, 5) is 19.8. The minimum atomic E-state index is -0.811. The second kappa shape index (κ2) is 10.5. The molecular weight excluding hydrogens is 441 g/mol. The van der Waals surface area contributed by atoms with Gasteiger partial charge in [-0.3, -0.25) is 14.7 Å². The van der Waals surface area contributed by atoms with Crippen LogP contribution in [0, 0.1) is 11.7 Å². The molecule has 1 N–H and O–H groups in total. The van der Waals surface area contributed by atoms with Crippen LogP contribution in [0.25, 0.3) is 0 Å². The van der Waals surface area contributed by atoms with E-state index in [2.05, 4.69) is 29.0 Å². The van der Waals surface area contributed by atoms with E-state index in [4.69, 9.17) is 16.3 Å². The zero-order valence-electron chi connectivity index (χ0n) is 19.4. The largest absolute Gasteiger partial charge is 0.363 e. The van der Waals surface area contributed by atoms with Crippen LogP contribution in [0.3, 0.4) is 0 Å². The van der Waals surface area contributed by atoms with E-state index in [-0.39, 0.29) is 17.6 Å². The van der Waals surface area contributed by atoms with Crippen LogP contribution in [0.4, 0.5) is 4.39 Å². The van der Waals surface area contributed by atoms with Gasteiger partial charge in [0.05, 0.1) is 11.6 Å². The molecule has 2 atom stereocenters. The summed E-state index contributed by atoms with van der Waals surface area (Å²) in [6.45, 7) is 7.04. The minimum absolute atomic E-state index is 0.0639. The summed E-state index contributed by atoms with van der Waals surface area (Å²) in [5.41, 5.74) is 1.28. The number of pyridine rings is 1. The van der Waals surface area contributed by atoms with E-state index < -0.39 is 5.60 Å². The number of nitrogens with one attached hydrogen (secondary N) is 1. The first kappa shape index (κ1) is 24.1. The number of carbonyl (C=O) groups is 1. The van der Waals surface area contributed by atoms with Gasteiger partial charge < -0.3 is 10.1 Å². The molecule has 0 aliphatic carbocycles. The first-order valence-corrected chi connectivity index (χ1v) is 12.3. The number of halogens is 2. The maximum Gasteiger partial charge on any atom is 0.252 e. The standard InChI is InChI=1S/C26H33ClFN3O2/c1-18(2)26(25(32)30-15-19-13-22(27)16-29-14-19)10-7-24(17-33-26)31-11-8-21(9-12-31)20-3-5-23(28)6-4-20/h3-6,13-14,16,18,21,24H,7-12,15,17H2,1-2H3,(H,30,32)/t24-,26+/m1/s1. The molecule has 1 amide bonds. The molecule has 2 saturated heterocycles. The third-order valence-electron chi connectivity index (χ3n) is 7.30. The highest BCUT2D eigenvalue weighted by atomic mass is 35.5. The molecule has 0 unspecified atom stereocenters. The molecule has 2 aromatic rings. The molecule has 2 fully saturated rings. The van der Waals surface area contributed by atoms with Gasteiger partial charge in [-0.05, 0) is 79.9 Å². The number of likely N-dealkylation sites (tertiary alicyclic amines) is 1. The fourth-order valence-corrected chi connectivity index (χ4v) is 5.38. The summed E-state index contributed by atoms with van der Waals surface area (Å²) in [5.74, 6) is 0.302. The number of nitrogens with zero attached hydrogens (tertiary/aromatic N) is 2. The third-order valence-corrected chi connectivity index (χ3v) is 7.51. The topological polar surface area (TPSA) is 54.5 Å². The van der Waals surface area contributed by atoms with E-state index >= 15 is 0 Å². The normalized spacial score (nSPS) is 24.7. The maximum absolute atomic E-state index is 13.2. The molecule has 2 aliphatic rings. The molecule has 1 aromatic heterocycles. The van der Waals surface area contributed by atoms with Crippen molar-refractivity contribution in [3.8, 4) is 0 Å². The fraction of sp³-hybridized carbons (Fsp3) is 0.538. The van der Waals surface area contributed by atoms with Crippen molar-refractivity contribution >= 4 is 17.5 Å². The van der Waals surface area contributed by atoms with Crippen molar-refractivity contribution in [3.05, 3.63) is 64.7 Å². The van der Waals surface area contributed by atoms with Crippen LogP contribution in [-0.4, -0.2) is 47.1 Å². The summed E-state index contributed by atoms with van der Waals surface area (Å²) in [6, 6.07) is 9.07. The lowest BCUT2D eigenvalue weighted by Gasteiger charge is -2.46. The van der Waals surface area contributed by atoms with E-state index in [1.54, 1.807) is 24.5 Å². The van der Waals surface area contributed by atoms with Gasteiger partial charge in [-0.15, -0.1) is 0 Å². The number of benzene rings is 1. The summed E-state index contributed by atoms with van der Waals surface area (Å²) >= 11 is 6.01. The van der Waals surface area contributed by atoms with E-state index in [0.29, 0.717) is 36.6 Å². The Balaban J connectivity index is 1.31. The first-order valence-electron chi connectivity index (χ1n) is 11.9. The van der Waals surface area contributed by atoms with E-state index in [1.165, 1.54) is 5.56 Å². The van der Waals surface area contributed by atoms with Gasteiger partial charge in [-0.1, -0.05) is 37.6 Å². The Hall–Kier alpha value is -2.02. The van der Waals surface area contributed by atoms with Gasteiger partial charge in [0.1, 0.15) is 11.4 Å². The smallest absolute Gasteiger partial charge is 0.252 e. The Kier molecular flexibility index (Phi) is 7.67. The molecule has 0 bridgehead atoms. The van der Waals surface area contributed by atoms with E-state index in [9.17, 15) is 9.18 Å². The van der Waals surface area contributed by atoms with Crippen molar-refractivity contribution in [2.75, 3.05) is 19.7 Å². The zero-order chi connectivity index (χ0) is 23.4. The molecule has 1 aromatic carbocycles. The molecule has 5 nitrogen and oxygen atoms in total. The van der Waals surface area contributed by atoms with Crippen LogP contribution >= 0.6 is 11.6 Å². The number of rotatable bonds is 6. The quantitative estimate of drug-likeness (QED) is 0.645. The van der Waals surface area contributed by atoms with E-state index in [0.717, 1.165) is 37.9 Å². The van der Waals surface area contributed by atoms with Crippen molar-refractivity contribution < 1.29 is 13.9 Å². The molecule has 3 heterocycles. The predicted octanol–water partition coefficient (Wildman–Crippen LogP) is 4.94. The van der Waals surface area contributed by atoms with Gasteiger partial charge in [-0.25, -0.2) is 4.39 Å². The Labute approximate surface area is 200 Å². The SMILES string of the molecule is CC(C)[C@]1(C(=O)NCc2cncc(Cl)c2)CC[C@@H](N2CCC(c3ccc(F)cc3)CC2)CO1. The first-order chi connectivity index (χ1) is 15.9. The maximum atomic E-state index is 13.2. The number of aromatic nitrogens is 1. The highest BCUT2D eigenvalue weighted by Gasteiger charge is 2.46. The lowest BCUT2D eigenvalue weighted by atomic mass is 9.80. The fourth-order valence-electron chi connectivity index (χ4n) is 5.18. The van der Waals surface area contributed by atoms with Crippen LogP contribution < -0.4 is 5.32 Å². The third kappa shape index (κ3) is 5.56. The van der Waals surface area contributed by atoms with Gasteiger partial charge in [0.2, 0.25) is 0 Å². The molecular formula is C26H33ClFN3O2. The average Bonchev–Trinajstić information content (AvgIpc) is 2.83. The number of carbonyl (C=O) groups excluding carboxylic acids is 1. The Morgan fingerprint density at radius 1 is 1.24 bits per heavy atom. The van der Waals surface area contributed by atoms with Crippen molar-refractivity contribution in [2.45, 2.75) is 63.6 Å². The Bertz CT molecular complexity index is 937. The number of piperidine rings is 1. The highest BCUT2D eigenvalue weighted by molar-refractivity contribution is 6.30. The lowest BCUT2D eigenvalue weighted by Crippen LogP contribution is -2.58.